The number of rotatable bonds is 5. The minimum atomic E-state index is -0.0276. The van der Waals surface area contributed by atoms with Gasteiger partial charge in [-0.25, -0.2) is 0 Å². The van der Waals surface area contributed by atoms with Crippen LogP contribution >= 0.6 is 12.2 Å². The quantitative estimate of drug-likeness (QED) is 0.789. The van der Waals surface area contributed by atoms with Gasteiger partial charge in [0, 0.05) is 11.3 Å². The van der Waals surface area contributed by atoms with Crippen molar-refractivity contribution in [1.29, 1.82) is 0 Å². The number of aryl methyl sites for hydroxylation is 2. The number of thiocarbonyl (C=S) groups is 1. The van der Waals surface area contributed by atoms with E-state index >= 15 is 0 Å². The summed E-state index contributed by atoms with van der Waals surface area (Å²) in [4.78, 5) is 0. The fraction of sp³-hybridized carbons (Fsp3) is 0.316. The zero-order valence-electron chi connectivity index (χ0n) is 14.8. The van der Waals surface area contributed by atoms with Crippen LogP contribution in [0.15, 0.2) is 36.4 Å². The molecule has 0 aliphatic heterocycles. The second kappa shape index (κ2) is 8.02. The van der Waals surface area contributed by atoms with Gasteiger partial charge < -0.3 is 20.1 Å². The second-order valence-corrected chi connectivity index (χ2v) is 6.15. The first-order chi connectivity index (χ1) is 11.4. The van der Waals surface area contributed by atoms with Crippen molar-refractivity contribution in [2.45, 2.75) is 26.8 Å². The van der Waals surface area contributed by atoms with E-state index in [1.165, 1.54) is 5.56 Å². The zero-order chi connectivity index (χ0) is 17.7. The number of ether oxygens (including phenoxy) is 2. The Morgan fingerprint density at radius 2 is 1.79 bits per heavy atom. The second-order valence-electron chi connectivity index (χ2n) is 5.75. The van der Waals surface area contributed by atoms with Gasteiger partial charge in [0.15, 0.2) is 5.11 Å². The summed E-state index contributed by atoms with van der Waals surface area (Å²) in [5, 5.41) is 7.14. The number of nitrogens with one attached hydrogen (secondary N) is 2. The molecule has 2 rings (SSSR count). The minimum Gasteiger partial charge on any atom is -0.497 e. The van der Waals surface area contributed by atoms with Crippen LogP contribution in [-0.4, -0.2) is 19.3 Å². The van der Waals surface area contributed by atoms with E-state index in [1.807, 2.05) is 25.1 Å². The van der Waals surface area contributed by atoms with Crippen molar-refractivity contribution in [3.8, 4) is 11.5 Å². The van der Waals surface area contributed by atoms with E-state index in [1.54, 1.807) is 14.2 Å². The van der Waals surface area contributed by atoms with Gasteiger partial charge in [0.2, 0.25) is 0 Å². The van der Waals surface area contributed by atoms with Crippen LogP contribution in [0.3, 0.4) is 0 Å². The van der Waals surface area contributed by atoms with Crippen molar-refractivity contribution in [1.82, 2.24) is 5.32 Å². The van der Waals surface area contributed by atoms with Crippen LogP contribution in [0.2, 0.25) is 0 Å². The van der Waals surface area contributed by atoms with Crippen LogP contribution in [0.25, 0.3) is 0 Å². The SMILES string of the molecule is COc1ccc(OC)c(C(C)NC(=S)Nc2cc(C)ccc2C)c1. The van der Waals surface area contributed by atoms with Crippen molar-refractivity contribution >= 4 is 23.0 Å². The highest BCUT2D eigenvalue weighted by atomic mass is 32.1. The molecule has 0 radical (unpaired) electrons. The Balaban J connectivity index is 2.12. The highest BCUT2D eigenvalue weighted by Crippen LogP contribution is 2.29. The highest BCUT2D eigenvalue weighted by molar-refractivity contribution is 7.80. The fourth-order valence-electron chi connectivity index (χ4n) is 2.48. The summed E-state index contributed by atoms with van der Waals surface area (Å²) in [5.74, 6) is 1.58. The first-order valence-corrected chi connectivity index (χ1v) is 8.22. The Hall–Kier alpha value is -2.27. The largest absolute Gasteiger partial charge is 0.497 e. The Bertz CT molecular complexity index is 731. The average Bonchev–Trinajstić information content (AvgIpc) is 2.57. The number of hydrogen-bond donors (Lipinski definition) is 2. The smallest absolute Gasteiger partial charge is 0.171 e. The van der Waals surface area contributed by atoms with Crippen molar-refractivity contribution in [2.24, 2.45) is 0 Å². The molecule has 0 saturated heterocycles. The summed E-state index contributed by atoms with van der Waals surface area (Å²) in [6.45, 7) is 6.15. The molecule has 4 nitrogen and oxygen atoms in total. The molecule has 0 fully saturated rings. The Morgan fingerprint density at radius 3 is 2.46 bits per heavy atom. The highest BCUT2D eigenvalue weighted by Gasteiger charge is 2.14. The third kappa shape index (κ3) is 4.38. The summed E-state index contributed by atoms with van der Waals surface area (Å²) < 4.78 is 10.7. The van der Waals surface area contributed by atoms with Crippen LogP contribution in [0, 0.1) is 13.8 Å². The molecule has 0 bridgehead atoms. The molecule has 0 heterocycles. The number of anilines is 1. The van der Waals surface area contributed by atoms with Crippen LogP contribution in [0.4, 0.5) is 5.69 Å². The van der Waals surface area contributed by atoms with E-state index < -0.39 is 0 Å². The lowest BCUT2D eigenvalue weighted by atomic mass is 10.1. The van der Waals surface area contributed by atoms with Crippen LogP contribution in [-0.2, 0) is 0 Å². The summed E-state index contributed by atoms with van der Waals surface area (Å²) >= 11 is 5.46. The molecule has 2 aromatic rings. The standard InChI is InChI=1S/C19H24N2O2S/c1-12-6-7-13(2)17(10-12)21-19(24)20-14(3)16-11-15(22-4)8-9-18(16)23-5/h6-11,14H,1-5H3,(H2,20,21,24). The predicted molar refractivity (Wildman–Crippen MR) is 103 cm³/mol. The Kier molecular flexibility index (Phi) is 6.04. The number of methoxy groups -OCH3 is 2. The van der Waals surface area contributed by atoms with Gasteiger partial charge in [0.25, 0.3) is 0 Å². The molecule has 128 valence electrons. The van der Waals surface area contributed by atoms with Gasteiger partial charge in [-0.2, -0.15) is 0 Å². The molecule has 2 aromatic carbocycles. The Morgan fingerprint density at radius 1 is 1.04 bits per heavy atom. The van der Waals surface area contributed by atoms with Crippen molar-refractivity contribution in [3.05, 3.63) is 53.1 Å². The first-order valence-electron chi connectivity index (χ1n) is 7.81. The van der Waals surface area contributed by atoms with Gasteiger partial charge in [-0.3, -0.25) is 0 Å². The van der Waals surface area contributed by atoms with Crippen LogP contribution < -0.4 is 20.1 Å². The lowest BCUT2D eigenvalue weighted by molar-refractivity contribution is 0.395. The molecular formula is C19H24N2O2S. The molecule has 1 atom stereocenters. The summed E-state index contributed by atoms with van der Waals surface area (Å²) in [5.41, 5.74) is 4.34. The van der Waals surface area contributed by atoms with Gasteiger partial charge in [-0.05, 0) is 68.4 Å². The first kappa shape index (κ1) is 18.1. The molecule has 0 saturated carbocycles. The molecule has 2 N–H and O–H groups in total. The topological polar surface area (TPSA) is 42.5 Å². The zero-order valence-corrected chi connectivity index (χ0v) is 15.6. The maximum absolute atomic E-state index is 5.46. The van der Waals surface area contributed by atoms with Gasteiger partial charge in [0.1, 0.15) is 11.5 Å². The molecule has 5 heteroatoms. The Labute approximate surface area is 149 Å². The maximum Gasteiger partial charge on any atom is 0.171 e. The lowest BCUT2D eigenvalue weighted by Crippen LogP contribution is -2.31. The molecule has 0 amide bonds. The maximum atomic E-state index is 5.46. The van der Waals surface area contributed by atoms with E-state index in [4.69, 9.17) is 21.7 Å². The van der Waals surface area contributed by atoms with Gasteiger partial charge in [-0.1, -0.05) is 12.1 Å². The third-order valence-corrected chi connectivity index (χ3v) is 4.11. The average molecular weight is 344 g/mol. The van der Waals surface area contributed by atoms with E-state index in [0.29, 0.717) is 5.11 Å². The monoisotopic (exact) mass is 344 g/mol. The number of benzene rings is 2. The molecule has 24 heavy (non-hydrogen) atoms. The van der Waals surface area contributed by atoms with Crippen LogP contribution in [0.1, 0.15) is 29.7 Å². The predicted octanol–water partition coefficient (Wildman–Crippen LogP) is 4.37. The number of hydrogen-bond acceptors (Lipinski definition) is 3. The third-order valence-electron chi connectivity index (χ3n) is 3.89. The van der Waals surface area contributed by atoms with Crippen molar-refractivity contribution in [3.63, 3.8) is 0 Å². The minimum absolute atomic E-state index is 0.0276. The molecule has 0 aliphatic carbocycles. The van der Waals surface area contributed by atoms with Crippen molar-refractivity contribution < 1.29 is 9.47 Å². The van der Waals surface area contributed by atoms with Crippen molar-refractivity contribution in [2.75, 3.05) is 19.5 Å². The molecule has 1 unspecified atom stereocenters. The summed E-state index contributed by atoms with van der Waals surface area (Å²) in [6, 6.07) is 11.9. The van der Waals surface area contributed by atoms with E-state index in [9.17, 15) is 0 Å². The van der Waals surface area contributed by atoms with Gasteiger partial charge >= 0.3 is 0 Å². The van der Waals surface area contributed by atoms with E-state index in [0.717, 1.165) is 28.3 Å². The van der Waals surface area contributed by atoms with Gasteiger partial charge in [-0.15, -0.1) is 0 Å². The molecule has 0 aromatic heterocycles. The fourth-order valence-corrected chi connectivity index (χ4v) is 2.77. The van der Waals surface area contributed by atoms with Crippen LogP contribution in [0.5, 0.6) is 11.5 Å². The summed E-state index contributed by atoms with van der Waals surface area (Å²) in [7, 11) is 3.31. The lowest BCUT2D eigenvalue weighted by Gasteiger charge is -2.21. The van der Waals surface area contributed by atoms with Gasteiger partial charge in [0.05, 0.1) is 20.3 Å². The summed E-state index contributed by atoms with van der Waals surface area (Å²) in [6.07, 6.45) is 0. The van der Waals surface area contributed by atoms with E-state index in [-0.39, 0.29) is 6.04 Å². The molecule has 0 aliphatic rings. The molecular weight excluding hydrogens is 320 g/mol. The molecule has 0 spiro atoms. The van der Waals surface area contributed by atoms with E-state index in [2.05, 4.69) is 42.7 Å². The normalized spacial score (nSPS) is 11.5.